The Morgan fingerprint density at radius 3 is 2.54 bits per heavy atom. The maximum atomic E-state index is 13.4. The van der Waals surface area contributed by atoms with Crippen molar-refractivity contribution in [3.63, 3.8) is 0 Å². The van der Waals surface area contributed by atoms with Crippen LogP contribution in [0, 0.1) is 12.7 Å². The van der Waals surface area contributed by atoms with E-state index in [4.69, 9.17) is 0 Å². The summed E-state index contributed by atoms with van der Waals surface area (Å²) in [6, 6.07) is 5.36. The van der Waals surface area contributed by atoms with Gasteiger partial charge in [0.15, 0.2) is 0 Å². The van der Waals surface area contributed by atoms with Crippen LogP contribution in [-0.4, -0.2) is 13.1 Å². The maximum Gasteiger partial charge on any atom is 0.146 e. The molecule has 0 amide bonds. The van der Waals surface area contributed by atoms with E-state index in [0.29, 0.717) is 5.69 Å². The molecule has 2 rings (SSSR count). The van der Waals surface area contributed by atoms with Crippen LogP contribution in [0.25, 0.3) is 0 Å². The molecule has 0 spiro atoms. The summed E-state index contributed by atoms with van der Waals surface area (Å²) in [4.78, 5) is 2.01. The van der Waals surface area contributed by atoms with Crippen LogP contribution in [0.15, 0.2) is 30.4 Å². The van der Waals surface area contributed by atoms with Gasteiger partial charge in [0.2, 0.25) is 0 Å². The molecule has 0 fully saturated rings. The number of anilines is 1. The molecule has 68 valence electrons. The smallest absolute Gasteiger partial charge is 0.146 e. The van der Waals surface area contributed by atoms with Crippen LogP contribution in [0.1, 0.15) is 5.56 Å². The lowest BCUT2D eigenvalue weighted by Gasteiger charge is -2.18. The van der Waals surface area contributed by atoms with Crippen LogP contribution in [0.5, 0.6) is 0 Å². The lowest BCUT2D eigenvalue weighted by molar-refractivity contribution is 0.623. The summed E-state index contributed by atoms with van der Waals surface area (Å²) in [6.45, 7) is 3.54. The highest BCUT2D eigenvalue weighted by atomic mass is 19.1. The van der Waals surface area contributed by atoms with Gasteiger partial charge in [0, 0.05) is 13.1 Å². The third-order valence-corrected chi connectivity index (χ3v) is 2.26. The molecule has 0 N–H and O–H groups in total. The van der Waals surface area contributed by atoms with Gasteiger partial charge in [-0.25, -0.2) is 4.39 Å². The fraction of sp³-hybridized carbons (Fsp3) is 0.273. The summed E-state index contributed by atoms with van der Waals surface area (Å²) >= 11 is 0. The fourth-order valence-electron chi connectivity index (χ4n) is 1.54. The van der Waals surface area contributed by atoms with Crippen LogP contribution in [0.3, 0.4) is 0 Å². The normalized spacial score (nSPS) is 15.4. The molecule has 1 heterocycles. The Kier molecular flexibility index (Phi) is 2.05. The first-order chi connectivity index (χ1) is 6.27. The van der Waals surface area contributed by atoms with E-state index in [0.717, 1.165) is 18.7 Å². The van der Waals surface area contributed by atoms with Crippen molar-refractivity contribution in [2.45, 2.75) is 6.92 Å². The van der Waals surface area contributed by atoms with Gasteiger partial charge in [0.25, 0.3) is 0 Å². The second kappa shape index (κ2) is 3.21. The number of hydrogen-bond acceptors (Lipinski definition) is 1. The molecule has 0 unspecified atom stereocenters. The summed E-state index contributed by atoms with van der Waals surface area (Å²) in [5, 5.41) is 0. The Hall–Kier alpha value is -1.31. The largest absolute Gasteiger partial charge is 0.362 e. The van der Waals surface area contributed by atoms with Crippen molar-refractivity contribution in [3.8, 4) is 0 Å². The fourth-order valence-corrected chi connectivity index (χ4v) is 1.54. The van der Waals surface area contributed by atoms with Crippen LogP contribution in [0.4, 0.5) is 10.1 Å². The summed E-state index contributed by atoms with van der Waals surface area (Å²) < 4.78 is 13.4. The van der Waals surface area contributed by atoms with E-state index in [9.17, 15) is 4.39 Å². The van der Waals surface area contributed by atoms with Gasteiger partial charge >= 0.3 is 0 Å². The predicted molar refractivity (Wildman–Crippen MR) is 52.5 cm³/mol. The molecule has 0 saturated heterocycles. The molecule has 0 atom stereocenters. The van der Waals surface area contributed by atoms with Crippen LogP contribution in [-0.2, 0) is 0 Å². The number of rotatable bonds is 1. The molecule has 1 aliphatic heterocycles. The van der Waals surface area contributed by atoms with E-state index in [2.05, 4.69) is 12.2 Å². The number of aryl methyl sites for hydroxylation is 1. The first-order valence-electron chi connectivity index (χ1n) is 4.43. The molecule has 1 aromatic rings. The third kappa shape index (κ3) is 1.57. The van der Waals surface area contributed by atoms with E-state index >= 15 is 0 Å². The van der Waals surface area contributed by atoms with Crippen molar-refractivity contribution < 1.29 is 4.39 Å². The summed E-state index contributed by atoms with van der Waals surface area (Å²) in [5.74, 6) is -0.122. The minimum Gasteiger partial charge on any atom is -0.362 e. The molecular formula is C11H12FN. The lowest BCUT2D eigenvalue weighted by atomic mass is 10.2. The minimum atomic E-state index is -0.122. The molecule has 1 aromatic carbocycles. The zero-order chi connectivity index (χ0) is 9.26. The molecule has 1 nitrogen and oxygen atoms in total. The first-order valence-corrected chi connectivity index (χ1v) is 4.43. The van der Waals surface area contributed by atoms with Crippen molar-refractivity contribution in [2.75, 3.05) is 18.0 Å². The molecule has 0 radical (unpaired) electrons. The van der Waals surface area contributed by atoms with E-state index < -0.39 is 0 Å². The molecule has 0 bridgehead atoms. The Morgan fingerprint density at radius 1 is 1.23 bits per heavy atom. The van der Waals surface area contributed by atoms with Crippen LogP contribution < -0.4 is 4.90 Å². The van der Waals surface area contributed by atoms with Gasteiger partial charge < -0.3 is 4.90 Å². The standard InChI is InChI=1S/C11H12FN/c1-9-4-5-11(10(12)8-9)13-6-2-3-7-13/h2-5,8H,6-7H2,1H3. The molecule has 13 heavy (non-hydrogen) atoms. The zero-order valence-corrected chi connectivity index (χ0v) is 7.63. The average Bonchev–Trinajstić information content (AvgIpc) is 2.56. The highest BCUT2D eigenvalue weighted by Gasteiger charge is 2.11. The van der Waals surface area contributed by atoms with Gasteiger partial charge in [-0.15, -0.1) is 0 Å². The maximum absolute atomic E-state index is 13.4. The predicted octanol–water partition coefficient (Wildman–Crippen LogP) is 2.51. The molecule has 0 saturated carbocycles. The van der Waals surface area contributed by atoms with Gasteiger partial charge in [-0.1, -0.05) is 18.2 Å². The van der Waals surface area contributed by atoms with Crippen LogP contribution in [0.2, 0.25) is 0 Å². The highest BCUT2D eigenvalue weighted by molar-refractivity contribution is 5.51. The van der Waals surface area contributed by atoms with Crippen molar-refractivity contribution in [1.29, 1.82) is 0 Å². The van der Waals surface area contributed by atoms with E-state index in [1.807, 2.05) is 24.0 Å². The molecule has 0 aliphatic carbocycles. The minimum absolute atomic E-state index is 0.122. The topological polar surface area (TPSA) is 3.24 Å². The number of halogens is 1. The highest BCUT2D eigenvalue weighted by Crippen LogP contribution is 2.21. The number of benzene rings is 1. The van der Waals surface area contributed by atoms with Crippen molar-refractivity contribution in [3.05, 3.63) is 41.7 Å². The average molecular weight is 177 g/mol. The number of hydrogen-bond donors (Lipinski definition) is 0. The van der Waals surface area contributed by atoms with Gasteiger partial charge in [-0.05, 0) is 24.6 Å². The molecule has 1 aliphatic rings. The Balaban J connectivity index is 2.30. The Bertz CT molecular complexity index is 336. The Labute approximate surface area is 77.5 Å². The summed E-state index contributed by atoms with van der Waals surface area (Å²) in [7, 11) is 0. The van der Waals surface area contributed by atoms with Gasteiger partial charge in [-0.2, -0.15) is 0 Å². The quantitative estimate of drug-likeness (QED) is 0.596. The monoisotopic (exact) mass is 177 g/mol. The van der Waals surface area contributed by atoms with Crippen molar-refractivity contribution in [1.82, 2.24) is 0 Å². The summed E-state index contributed by atoms with van der Waals surface area (Å²) in [6.07, 6.45) is 4.11. The van der Waals surface area contributed by atoms with E-state index in [-0.39, 0.29) is 5.82 Å². The number of nitrogens with zero attached hydrogens (tertiary/aromatic N) is 1. The molecule has 0 aromatic heterocycles. The first kappa shape index (κ1) is 8.30. The molecule has 2 heteroatoms. The van der Waals surface area contributed by atoms with Crippen molar-refractivity contribution in [2.24, 2.45) is 0 Å². The SMILES string of the molecule is Cc1ccc(N2CC=CC2)c(F)c1. The van der Waals surface area contributed by atoms with Gasteiger partial charge in [0.05, 0.1) is 5.69 Å². The van der Waals surface area contributed by atoms with Crippen LogP contribution >= 0.6 is 0 Å². The Morgan fingerprint density at radius 2 is 1.92 bits per heavy atom. The zero-order valence-electron chi connectivity index (χ0n) is 7.63. The van der Waals surface area contributed by atoms with E-state index in [1.54, 1.807) is 6.07 Å². The van der Waals surface area contributed by atoms with E-state index in [1.165, 1.54) is 0 Å². The van der Waals surface area contributed by atoms with Crippen molar-refractivity contribution >= 4 is 5.69 Å². The second-order valence-corrected chi connectivity index (χ2v) is 3.33. The van der Waals surface area contributed by atoms with Gasteiger partial charge in [0.1, 0.15) is 5.82 Å². The molecular weight excluding hydrogens is 165 g/mol. The van der Waals surface area contributed by atoms with Gasteiger partial charge in [-0.3, -0.25) is 0 Å². The second-order valence-electron chi connectivity index (χ2n) is 3.33. The third-order valence-electron chi connectivity index (χ3n) is 2.26. The lowest BCUT2D eigenvalue weighted by Crippen LogP contribution is -2.19. The summed E-state index contributed by atoms with van der Waals surface area (Å²) in [5.41, 5.74) is 1.67.